The lowest BCUT2D eigenvalue weighted by Crippen LogP contribution is -2.33. The summed E-state index contributed by atoms with van der Waals surface area (Å²) in [4.78, 5) is 0. The second kappa shape index (κ2) is 5.62. The van der Waals surface area contributed by atoms with Crippen LogP contribution >= 0.6 is 0 Å². The largest absolute Gasteiger partial charge is 0.395 e. The van der Waals surface area contributed by atoms with Gasteiger partial charge in [-0.15, -0.1) is 0 Å². The van der Waals surface area contributed by atoms with Crippen molar-refractivity contribution in [2.45, 2.75) is 25.2 Å². The van der Waals surface area contributed by atoms with Gasteiger partial charge in [0.1, 0.15) is 5.25 Å². The average molecular weight is 258 g/mol. The van der Waals surface area contributed by atoms with E-state index in [9.17, 15) is 13.5 Å². The molecule has 0 spiro atoms. The Balaban J connectivity index is 3.02. The summed E-state index contributed by atoms with van der Waals surface area (Å²) in [7, 11) is -3.47. The standard InChI is InChI=1S/C12H18O4S/c1-3-17(15,16)11(8-13)12(14)10-6-4-9(2)5-7-10/h4-7,11-14H,3,8H2,1-2H3/t11-,12+/m1/s1. The first-order valence-electron chi connectivity index (χ1n) is 5.49. The molecule has 0 heterocycles. The van der Waals surface area contributed by atoms with E-state index in [0.717, 1.165) is 5.56 Å². The summed E-state index contributed by atoms with van der Waals surface area (Å²) >= 11 is 0. The molecule has 1 aromatic carbocycles. The highest BCUT2D eigenvalue weighted by atomic mass is 32.2. The van der Waals surface area contributed by atoms with Gasteiger partial charge in [0.2, 0.25) is 0 Å². The summed E-state index contributed by atoms with van der Waals surface area (Å²) in [6.07, 6.45) is -1.19. The van der Waals surface area contributed by atoms with E-state index in [1.165, 1.54) is 6.92 Å². The maximum absolute atomic E-state index is 11.7. The predicted molar refractivity (Wildman–Crippen MR) is 66.5 cm³/mol. The van der Waals surface area contributed by atoms with Gasteiger partial charge in [0, 0.05) is 5.75 Å². The summed E-state index contributed by atoms with van der Waals surface area (Å²) in [6, 6.07) is 6.94. The zero-order valence-electron chi connectivity index (χ0n) is 10.00. The number of aliphatic hydroxyl groups is 2. The summed E-state index contributed by atoms with van der Waals surface area (Å²) in [5, 5.41) is 18.0. The molecule has 0 fully saturated rings. The third-order valence-electron chi connectivity index (χ3n) is 2.81. The maximum atomic E-state index is 11.7. The third-order valence-corrected chi connectivity index (χ3v) is 4.95. The topological polar surface area (TPSA) is 74.6 Å². The van der Waals surface area contributed by atoms with Crippen LogP contribution in [0.3, 0.4) is 0 Å². The Labute approximate surface area is 102 Å². The van der Waals surface area contributed by atoms with E-state index in [2.05, 4.69) is 0 Å². The van der Waals surface area contributed by atoms with Crippen LogP contribution in [-0.4, -0.2) is 36.2 Å². The van der Waals surface area contributed by atoms with Crippen molar-refractivity contribution in [3.8, 4) is 0 Å². The van der Waals surface area contributed by atoms with Crippen molar-refractivity contribution in [1.82, 2.24) is 0 Å². The minimum atomic E-state index is -3.47. The zero-order valence-corrected chi connectivity index (χ0v) is 10.8. The molecule has 96 valence electrons. The molecule has 0 saturated carbocycles. The van der Waals surface area contributed by atoms with Gasteiger partial charge in [0.05, 0.1) is 12.7 Å². The van der Waals surface area contributed by atoms with Crippen LogP contribution in [0, 0.1) is 6.92 Å². The van der Waals surface area contributed by atoms with Crippen molar-refractivity contribution in [2.75, 3.05) is 12.4 Å². The fourth-order valence-electron chi connectivity index (χ4n) is 1.60. The molecule has 2 N–H and O–H groups in total. The number of hydrogen-bond donors (Lipinski definition) is 2. The van der Waals surface area contributed by atoms with Crippen molar-refractivity contribution in [3.63, 3.8) is 0 Å². The van der Waals surface area contributed by atoms with E-state index in [1.54, 1.807) is 24.3 Å². The van der Waals surface area contributed by atoms with Crippen molar-refractivity contribution < 1.29 is 18.6 Å². The summed E-state index contributed by atoms with van der Waals surface area (Å²) < 4.78 is 23.4. The predicted octanol–water partition coefficient (Wildman–Crippen LogP) is 0.824. The summed E-state index contributed by atoms with van der Waals surface area (Å²) in [6.45, 7) is 2.83. The van der Waals surface area contributed by atoms with Gasteiger partial charge in [-0.3, -0.25) is 0 Å². The van der Waals surface area contributed by atoms with Crippen LogP contribution in [-0.2, 0) is 9.84 Å². The van der Waals surface area contributed by atoms with Crippen molar-refractivity contribution in [1.29, 1.82) is 0 Å². The van der Waals surface area contributed by atoms with Crippen LogP contribution in [0.25, 0.3) is 0 Å². The highest BCUT2D eigenvalue weighted by molar-refractivity contribution is 7.92. The zero-order chi connectivity index (χ0) is 13.1. The Hall–Kier alpha value is -0.910. The first kappa shape index (κ1) is 14.2. The van der Waals surface area contributed by atoms with E-state index in [0.29, 0.717) is 5.56 Å². The molecular formula is C12H18O4S. The van der Waals surface area contributed by atoms with Crippen molar-refractivity contribution in [3.05, 3.63) is 35.4 Å². The van der Waals surface area contributed by atoms with Crippen LogP contribution < -0.4 is 0 Å². The highest BCUT2D eigenvalue weighted by Gasteiger charge is 2.31. The molecule has 0 aliphatic heterocycles. The Morgan fingerprint density at radius 1 is 1.24 bits per heavy atom. The second-order valence-electron chi connectivity index (χ2n) is 4.03. The van der Waals surface area contributed by atoms with Gasteiger partial charge in [0.15, 0.2) is 9.84 Å². The normalized spacial score (nSPS) is 15.5. The van der Waals surface area contributed by atoms with Gasteiger partial charge in [-0.1, -0.05) is 36.8 Å². The number of aryl methyl sites for hydroxylation is 1. The minimum Gasteiger partial charge on any atom is -0.395 e. The smallest absolute Gasteiger partial charge is 0.158 e. The van der Waals surface area contributed by atoms with Gasteiger partial charge in [-0.2, -0.15) is 0 Å². The highest BCUT2D eigenvalue weighted by Crippen LogP contribution is 2.22. The molecule has 0 aliphatic carbocycles. The van der Waals surface area contributed by atoms with E-state index >= 15 is 0 Å². The molecule has 0 aromatic heterocycles. The van der Waals surface area contributed by atoms with Gasteiger partial charge in [-0.25, -0.2) is 8.42 Å². The summed E-state index contributed by atoms with van der Waals surface area (Å²) in [5.74, 6) is -0.0961. The van der Waals surface area contributed by atoms with E-state index in [4.69, 9.17) is 5.11 Å². The van der Waals surface area contributed by atoms with E-state index < -0.39 is 27.8 Å². The molecule has 2 atom stereocenters. The number of benzene rings is 1. The van der Waals surface area contributed by atoms with Gasteiger partial charge >= 0.3 is 0 Å². The van der Waals surface area contributed by atoms with Gasteiger partial charge < -0.3 is 10.2 Å². The fraction of sp³-hybridized carbons (Fsp3) is 0.500. The number of rotatable bonds is 5. The van der Waals surface area contributed by atoms with Crippen LogP contribution in [0.4, 0.5) is 0 Å². The molecule has 4 nitrogen and oxygen atoms in total. The minimum absolute atomic E-state index is 0.0961. The third kappa shape index (κ3) is 3.28. The van der Waals surface area contributed by atoms with Crippen molar-refractivity contribution in [2.24, 2.45) is 0 Å². The molecular weight excluding hydrogens is 240 g/mol. The lowest BCUT2D eigenvalue weighted by atomic mass is 10.1. The van der Waals surface area contributed by atoms with Crippen LogP contribution in [0.1, 0.15) is 24.2 Å². The monoisotopic (exact) mass is 258 g/mol. The van der Waals surface area contributed by atoms with Crippen LogP contribution in [0.15, 0.2) is 24.3 Å². The number of sulfone groups is 1. The Kier molecular flexibility index (Phi) is 4.68. The maximum Gasteiger partial charge on any atom is 0.158 e. The number of hydrogen-bond acceptors (Lipinski definition) is 4. The Morgan fingerprint density at radius 3 is 2.18 bits per heavy atom. The van der Waals surface area contributed by atoms with Crippen LogP contribution in [0.2, 0.25) is 0 Å². The molecule has 5 heteroatoms. The lowest BCUT2D eigenvalue weighted by molar-refractivity contribution is 0.138. The average Bonchev–Trinajstić information content (AvgIpc) is 2.30. The molecule has 17 heavy (non-hydrogen) atoms. The molecule has 0 unspecified atom stereocenters. The van der Waals surface area contributed by atoms with Gasteiger partial charge in [-0.05, 0) is 12.5 Å². The Bertz CT molecular complexity index is 450. The van der Waals surface area contributed by atoms with E-state index in [-0.39, 0.29) is 5.75 Å². The first-order chi connectivity index (χ1) is 7.92. The first-order valence-corrected chi connectivity index (χ1v) is 7.21. The Morgan fingerprint density at radius 2 is 1.76 bits per heavy atom. The molecule has 0 amide bonds. The van der Waals surface area contributed by atoms with Crippen molar-refractivity contribution >= 4 is 9.84 Å². The summed E-state index contributed by atoms with van der Waals surface area (Å²) in [5.41, 5.74) is 1.53. The molecule has 1 rings (SSSR count). The lowest BCUT2D eigenvalue weighted by Gasteiger charge is -2.20. The van der Waals surface area contributed by atoms with Gasteiger partial charge in [0.25, 0.3) is 0 Å². The molecule has 0 bridgehead atoms. The second-order valence-corrected chi connectivity index (χ2v) is 6.54. The number of aliphatic hydroxyl groups excluding tert-OH is 2. The molecule has 1 aromatic rings. The quantitative estimate of drug-likeness (QED) is 0.820. The molecule has 0 saturated heterocycles. The SMILES string of the molecule is CCS(=O)(=O)[C@H](CO)[C@@H](O)c1ccc(C)cc1. The van der Waals surface area contributed by atoms with Crippen LogP contribution in [0.5, 0.6) is 0 Å². The molecule has 0 aliphatic rings. The molecule has 0 radical (unpaired) electrons. The fourth-order valence-corrected chi connectivity index (χ4v) is 2.81. The van der Waals surface area contributed by atoms with E-state index in [1.807, 2.05) is 6.92 Å².